The highest BCUT2D eigenvalue weighted by atomic mass is 16.5. The number of hydrogen-bond donors (Lipinski definition) is 1. The maximum atomic E-state index is 13.2. The third kappa shape index (κ3) is 6.16. The first-order valence-corrected chi connectivity index (χ1v) is 12.1. The second-order valence-corrected chi connectivity index (χ2v) is 8.21. The maximum absolute atomic E-state index is 13.2. The largest absolute Gasteiger partial charge is 0.494 e. The third-order valence-corrected chi connectivity index (χ3v) is 5.49. The molecule has 0 spiro atoms. The van der Waals surface area contributed by atoms with E-state index in [1.807, 2.05) is 44.2 Å². The van der Waals surface area contributed by atoms with Crippen LogP contribution in [-0.4, -0.2) is 31.1 Å². The van der Waals surface area contributed by atoms with Gasteiger partial charge in [-0.3, -0.25) is 14.9 Å². The van der Waals surface area contributed by atoms with Gasteiger partial charge in [-0.2, -0.15) is 0 Å². The number of nitrogens with zero attached hydrogens (tertiary/aromatic N) is 1. The first-order valence-electron chi connectivity index (χ1n) is 12.1. The van der Waals surface area contributed by atoms with E-state index in [1.54, 1.807) is 42.5 Å². The van der Waals surface area contributed by atoms with Crippen LogP contribution in [0.3, 0.4) is 0 Å². The fourth-order valence-electron chi connectivity index (χ4n) is 3.71. The van der Waals surface area contributed by atoms with Crippen molar-refractivity contribution >= 4 is 29.6 Å². The minimum absolute atomic E-state index is 0.175. The molecule has 1 aliphatic heterocycles. The smallest absolute Gasteiger partial charge is 0.335 e. The summed E-state index contributed by atoms with van der Waals surface area (Å²) in [5.41, 5.74) is 1.71. The average Bonchev–Trinajstić information content (AvgIpc) is 2.91. The van der Waals surface area contributed by atoms with Gasteiger partial charge in [-0.25, -0.2) is 9.69 Å². The lowest BCUT2D eigenvalue weighted by Gasteiger charge is -2.26. The van der Waals surface area contributed by atoms with Crippen molar-refractivity contribution < 1.29 is 28.6 Å². The number of hydrogen-bond acceptors (Lipinski definition) is 6. The summed E-state index contributed by atoms with van der Waals surface area (Å²) in [5, 5.41) is 2.24. The van der Waals surface area contributed by atoms with Gasteiger partial charge in [-0.15, -0.1) is 0 Å². The average molecular weight is 501 g/mol. The quantitative estimate of drug-likeness (QED) is 0.307. The van der Waals surface area contributed by atoms with Crippen LogP contribution in [0.4, 0.5) is 10.5 Å². The van der Waals surface area contributed by atoms with E-state index in [1.165, 1.54) is 6.08 Å². The SMILES string of the molecule is CCCOc1ccc(N2C(=O)NC(=O)/C(=C/c3ccc(OCc4ccccc4)c(OCC)c3)C2=O)cc1. The van der Waals surface area contributed by atoms with Crippen molar-refractivity contribution in [3.05, 3.63) is 89.5 Å². The van der Waals surface area contributed by atoms with Crippen molar-refractivity contribution in [2.45, 2.75) is 26.9 Å². The van der Waals surface area contributed by atoms with Gasteiger partial charge in [0.2, 0.25) is 0 Å². The lowest BCUT2D eigenvalue weighted by Crippen LogP contribution is -2.54. The Morgan fingerprint density at radius 2 is 1.59 bits per heavy atom. The number of urea groups is 1. The molecular weight excluding hydrogens is 472 g/mol. The topological polar surface area (TPSA) is 94.2 Å². The van der Waals surface area contributed by atoms with Crippen LogP contribution in [0.5, 0.6) is 17.2 Å². The van der Waals surface area contributed by atoms with Crippen LogP contribution >= 0.6 is 0 Å². The highest BCUT2D eigenvalue weighted by Crippen LogP contribution is 2.31. The van der Waals surface area contributed by atoms with Crippen LogP contribution in [0.1, 0.15) is 31.4 Å². The number of ether oxygens (including phenoxy) is 3. The molecule has 8 heteroatoms. The van der Waals surface area contributed by atoms with Gasteiger partial charge in [0.15, 0.2) is 11.5 Å². The standard InChI is InChI=1S/C29H28N2O6/c1-3-16-36-23-13-11-22(12-14-23)31-28(33)24(27(32)30-29(31)34)17-21-10-15-25(26(18-21)35-4-2)37-19-20-8-6-5-7-9-20/h5-15,17-18H,3-4,16,19H2,1-2H3,(H,30,32,34)/b24-17-. The molecule has 3 aromatic rings. The molecule has 0 saturated carbocycles. The Hall–Kier alpha value is -4.59. The summed E-state index contributed by atoms with van der Waals surface area (Å²) in [5.74, 6) is 0.150. The lowest BCUT2D eigenvalue weighted by molar-refractivity contribution is -0.122. The molecule has 0 bridgehead atoms. The summed E-state index contributed by atoms with van der Waals surface area (Å²) in [6, 6.07) is 20.6. The number of nitrogens with one attached hydrogen (secondary N) is 1. The molecule has 1 fully saturated rings. The van der Waals surface area contributed by atoms with E-state index in [9.17, 15) is 14.4 Å². The Labute approximate surface area is 215 Å². The minimum atomic E-state index is -0.811. The van der Waals surface area contributed by atoms with Gasteiger partial charge >= 0.3 is 6.03 Å². The summed E-state index contributed by atoms with van der Waals surface area (Å²) in [6.07, 6.45) is 2.29. The fraction of sp³-hybridized carbons (Fsp3) is 0.207. The Morgan fingerprint density at radius 1 is 0.838 bits per heavy atom. The monoisotopic (exact) mass is 500 g/mol. The molecule has 0 unspecified atom stereocenters. The molecule has 1 heterocycles. The Kier molecular flexibility index (Phi) is 8.20. The molecule has 1 saturated heterocycles. The van der Waals surface area contributed by atoms with E-state index in [0.717, 1.165) is 16.9 Å². The minimum Gasteiger partial charge on any atom is -0.494 e. The molecule has 190 valence electrons. The zero-order valence-electron chi connectivity index (χ0n) is 20.7. The van der Waals surface area contributed by atoms with E-state index in [-0.39, 0.29) is 5.57 Å². The number of carbonyl (C=O) groups excluding carboxylic acids is 3. The van der Waals surface area contributed by atoms with Gasteiger partial charge in [0.05, 0.1) is 18.9 Å². The number of imide groups is 2. The molecule has 37 heavy (non-hydrogen) atoms. The van der Waals surface area contributed by atoms with E-state index >= 15 is 0 Å². The van der Waals surface area contributed by atoms with Crippen molar-refractivity contribution in [2.24, 2.45) is 0 Å². The van der Waals surface area contributed by atoms with E-state index in [0.29, 0.717) is 48.3 Å². The van der Waals surface area contributed by atoms with Gasteiger partial charge in [-0.1, -0.05) is 43.3 Å². The Balaban J connectivity index is 1.57. The van der Waals surface area contributed by atoms with Gasteiger partial charge in [0.25, 0.3) is 11.8 Å². The summed E-state index contributed by atoms with van der Waals surface area (Å²) in [6.45, 7) is 5.18. The Morgan fingerprint density at radius 3 is 2.30 bits per heavy atom. The normalized spacial score (nSPS) is 14.5. The van der Waals surface area contributed by atoms with Crippen molar-refractivity contribution in [2.75, 3.05) is 18.1 Å². The second-order valence-electron chi connectivity index (χ2n) is 8.21. The molecule has 4 amide bonds. The second kappa shape index (κ2) is 11.9. The maximum Gasteiger partial charge on any atom is 0.335 e. The first kappa shape index (κ1) is 25.5. The van der Waals surface area contributed by atoms with E-state index in [2.05, 4.69) is 5.32 Å². The van der Waals surface area contributed by atoms with Crippen LogP contribution in [-0.2, 0) is 16.2 Å². The lowest BCUT2D eigenvalue weighted by atomic mass is 10.1. The molecule has 3 aromatic carbocycles. The van der Waals surface area contributed by atoms with Crippen LogP contribution in [0.25, 0.3) is 6.08 Å². The summed E-state index contributed by atoms with van der Waals surface area (Å²) in [4.78, 5) is 39.3. The van der Waals surface area contributed by atoms with E-state index in [4.69, 9.17) is 14.2 Å². The summed E-state index contributed by atoms with van der Waals surface area (Å²) < 4.78 is 17.2. The van der Waals surface area contributed by atoms with Crippen LogP contribution in [0.2, 0.25) is 0 Å². The van der Waals surface area contributed by atoms with Crippen molar-refractivity contribution in [3.8, 4) is 17.2 Å². The van der Waals surface area contributed by atoms with E-state index < -0.39 is 17.8 Å². The van der Waals surface area contributed by atoms with Crippen LogP contribution in [0, 0.1) is 0 Å². The highest BCUT2D eigenvalue weighted by molar-refractivity contribution is 6.39. The summed E-state index contributed by atoms with van der Waals surface area (Å²) in [7, 11) is 0. The molecule has 0 aromatic heterocycles. The number of benzene rings is 3. The number of barbiturate groups is 1. The number of carbonyl (C=O) groups is 3. The Bertz CT molecular complexity index is 1300. The zero-order chi connectivity index (χ0) is 26.2. The first-order chi connectivity index (χ1) is 18.0. The van der Waals surface area contributed by atoms with Gasteiger partial charge < -0.3 is 14.2 Å². The van der Waals surface area contributed by atoms with Crippen molar-refractivity contribution in [1.82, 2.24) is 5.32 Å². The summed E-state index contributed by atoms with van der Waals surface area (Å²) >= 11 is 0. The van der Waals surface area contributed by atoms with Gasteiger partial charge in [0.1, 0.15) is 17.9 Å². The van der Waals surface area contributed by atoms with Crippen LogP contribution < -0.4 is 24.4 Å². The van der Waals surface area contributed by atoms with Crippen molar-refractivity contribution in [1.29, 1.82) is 0 Å². The van der Waals surface area contributed by atoms with Gasteiger partial charge in [0, 0.05) is 0 Å². The molecule has 1 N–H and O–H groups in total. The van der Waals surface area contributed by atoms with Gasteiger partial charge in [-0.05, 0) is 66.9 Å². The number of amides is 4. The zero-order valence-corrected chi connectivity index (χ0v) is 20.7. The number of anilines is 1. The molecule has 0 atom stereocenters. The fourth-order valence-corrected chi connectivity index (χ4v) is 3.71. The number of rotatable bonds is 10. The highest BCUT2D eigenvalue weighted by Gasteiger charge is 2.36. The molecule has 4 rings (SSSR count). The van der Waals surface area contributed by atoms with Crippen molar-refractivity contribution in [3.63, 3.8) is 0 Å². The molecule has 0 radical (unpaired) electrons. The molecular formula is C29H28N2O6. The van der Waals surface area contributed by atoms with Crippen LogP contribution in [0.15, 0.2) is 78.4 Å². The predicted molar refractivity (Wildman–Crippen MR) is 140 cm³/mol. The molecule has 8 nitrogen and oxygen atoms in total. The molecule has 1 aliphatic rings. The third-order valence-electron chi connectivity index (χ3n) is 5.49. The predicted octanol–water partition coefficient (Wildman–Crippen LogP) is 5.12. The molecule has 0 aliphatic carbocycles.